The normalized spacial score (nSPS) is 12.4. The monoisotopic (exact) mass is 420 g/mol. The fourth-order valence-corrected chi connectivity index (χ4v) is 3.17. The first-order valence-corrected chi connectivity index (χ1v) is 9.92. The van der Waals surface area contributed by atoms with Crippen LogP contribution in [0.15, 0.2) is 48.5 Å². The first kappa shape index (κ1) is 22.3. The molecule has 1 atom stereocenters. The van der Waals surface area contributed by atoms with Gasteiger partial charge in [0.15, 0.2) is 0 Å². The second kappa shape index (κ2) is 9.44. The van der Waals surface area contributed by atoms with E-state index in [1.54, 1.807) is 24.0 Å². The molecule has 150 valence electrons. The minimum absolute atomic E-state index is 0.108. The van der Waals surface area contributed by atoms with Crippen molar-refractivity contribution in [3.63, 3.8) is 0 Å². The maximum Gasteiger partial charge on any atom is 0.242 e. The van der Waals surface area contributed by atoms with Gasteiger partial charge in [0, 0.05) is 22.1 Å². The molecule has 0 unspecified atom stereocenters. The van der Waals surface area contributed by atoms with Crippen molar-refractivity contribution in [2.45, 2.75) is 52.2 Å². The Kier molecular flexibility index (Phi) is 7.50. The van der Waals surface area contributed by atoms with Gasteiger partial charge in [0.05, 0.1) is 6.42 Å². The number of halogens is 2. The molecule has 2 aromatic carbocycles. The molecule has 0 fully saturated rings. The Morgan fingerprint density at radius 3 is 1.96 bits per heavy atom. The van der Waals surface area contributed by atoms with Gasteiger partial charge in [0.25, 0.3) is 0 Å². The van der Waals surface area contributed by atoms with E-state index < -0.39 is 11.6 Å². The summed E-state index contributed by atoms with van der Waals surface area (Å²) < 4.78 is 0. The van der Waals surface area contributed by atoms with Crippen LogP contribution < -0.4 is 5.32 Å². The molecular formula is C22H26Cl2N2O2. The lowest BCUT2D eigenvalue weighted by Crippen LogP contribution is -2.52. The first-order valence-electron chi connectivity index (χ1n) is 9.17. The highest BCUT2D eigenvalue weighted by Crippen LogP contribution is 2.21. The smallest absolute Gasteiger partial charge is 0.242 e. The van der Waals surface area contributed by atoms with Crippen molar-refractivity contribution < 1.29 is 9.59 Å². The molecule has 2 amide bonds. The van der Waals surface area contributed by atoms with E-state index in [2.05, 4.69) is 5.32 Å². The summed E-state index contributed by atoms with van der Waals surface area (Å²) in [5.41, 5.74) is 1.11. The molecule has 0 saturated heterocycles. The van der Waals surface area contributed by atoms with Crippen molar-refractivity contribution in [2.75, 3.05) is 0 Å². The first-order chi connectivity index (χ1) is 13.1. The molecule has 28 heavy (non-hydrogen) atoms. The van der Waals surface area contributed by atoms with Gasteiger partial charge < -0.3 is 10.2 Å². The maximum atomic E-state index is 13.1. The third-order valence-electron chi connectivity index (χ3n) is 4.26. The van der Waals surface area contributed by atoms with Gasteiger partial charge in [-0.15, -0.1) is 0 Å². The van der Waals surface area contributed by atoms with Crippen LogP contribution in [0.4, 0.5) is 0 Å². The van der Waals surface area contributed by atoms with Crippen molar-refractivity contribution in [1.29, 1.82) is 0 Å². The Morgan fingerprint density at radius 2 is 1.46 bits per heavy atom. The van der Waals surface area contributed by atoms with Crippen molar-refractivity contribution in [3.8, 4) is 0 Å². The second-order valence-corrected chi connectivity index (χ2v) is 8.61. The summed E-state index contributed by atoms with van der Waals surface area (Å²) >= 11 is 12.5. The summed E-state index contributed by atoms with van der Waals surface area (Å²) in [6, 6.07) is 13.9. The Hall–Kier alpha value is -2.04. The number of rotatable bonds is 6. The highest BCUT2D eigenvalue weighted by Gasteiger charge is 2.29. The van der Waals surface area contributed by atoms with Crippen molar-refractivity contribution in [2.24, 2.45) is 0 Å². The SMILES string of the molecule is C[C@H](C(=O)NC(C)(C)C)N(Cc1ccccc1Cl)C(=O)Cc1ccccc1Cl. The summed E-state index contributed by atoms with van der Waals surface area (Å²) in [4.78, 5) is 27.4. The Labute approximate surface area is 176 Å². The lowest BCUT2D eigenvalue weighted by Gasteiger charge is -2.32. The molecule has 0 aliphatic rings. The minimum Gasteiger partial charge on any atom is -0.350 e. The van der Waals surface area contributed by atoms with E-state index in [1.165, 1.54) is 0 Å². The number of hydrogen-bond donors (Lipinski definition) is 1. The Balaban J connectivity index is 2.29. The molecule has 0 radical (unpaired) electrons. The predicted octanol–water partition coefficient (Wildman–Crippen LogP) is 4.87. The van der Waals surface area contributed by atoms with Crippen molar-refractivity contribution >= 4 is 35.0 Å². The molecular weight excluding hydrogens is 395 g/mol. The molecule has 0 saturated carbocycles. The van der Waals surface area contributed by atoms with Crippen LogP contribution in [0.1, 0.15) is 38.8 Å². The van der Waals surface area contributed by atoms with Gasteiger partial charge in [-0.1, -0.05) is 59.6 Å². The van der Waals surface area contributed by atoms with Crippen LogP contribution in [0.5, 0.6) is 0 Å². The van der Waals surface area contributed by atoms with Crippen LogP contribution in [0.2, 0.25) is 10.0 Å². The minimum atomic E-state index is -0.662. The van der Waals surface area contributed by atoms with E-state index in [-0.39, 0.29) is 24.8 Å². The van der Waals surface area contributed by atoms with Gasteiger partial charge in [-0.05, 0) is 51.0 Å². The van der Waals surface area contributed by atoms with E-state index in [0.29, 0.717) is 10.0 Å². The lowest BCUT2D eigenvalue weighted by molar-refractivity contribution is -0.140. The molecule has 0 spiro atoms. The number of carbonyl (C=O) groups is 2. The fraction of sp³-hybridized carbons (Fsp3) is 0.364. The van der Waals surface area contributed by atoms with Crippen LogP contribution in [0.25, 0.3) is 0 Å². The third kappa shape index (κ3) is 6.25. The van der Waals surface area contributed by atoms with Gasteiger partial charge in [0.1, 0.15) is 6.04 Å². The highest BCUT2D eigenvalue weighted by molar-refractivity contribution is 6.31. The maximum absolute atomic E-state index is 13.1. The zero-order valence-corrected chi connectivity index (χ0v) is 18.1. The number of hydrogen-bond acceptors (Lipinski definition) is 2. The second-order valence-electron chi connectivity index (χ2n) is 7.80. The van der Waals surface area contributed by atoms with Gasteiger partial charge in [0.2, 0.25) is 11.8 Å². The number of nitrogens with one attached hydrogen (secondary N) is 1. The van der Waals surface area contributed by atoms with Crippen molar-refractivity contribution in [1.82, 2.24) is 10.2 Å². The molecule has 0 bridgehead atoms. The summed E-state index contributed by atoms with van der Waals surface area (Å²) in [6.45, 7) is 7.68. The van der Waals surface area contributed by atoms with E-state index in [0.717, 1.165) is 11.1 Å². The Bertz CT molecular complexity index is 846. The largest absolute Gasteiger partial charge is 0.350 e. The van der Waals surface area contributed by atoms with Gasteiger partial charge >= 0.3 is 0 Å². The van der Waals surface area contributed by atoms with Crippen LogP contribution in [0.3, 0.4) is 0 Å². The molecule has 0 heterocycles. The molecule has 2 aromatic rings. The van der Waals surface area contributed by atoms with E-state index in [4.69, 9.17) is 23.2 Å². The summed E-state index contributed by atoms with van der Waals surface area (Å²) in [7, 11) is 0. The van der Waals surface area contributed by atoms with E-state index in [1.807, 2.05) is 57.2 Å². The average molecular weight is 421 g/mol. The predicted molar refractivity (Wildman–Crippen MR) is 115 cm³/mol. The summed E-state index contributed by atoms with van der Waals surface area (Å²) in [5.74, 6) is -0.406. The van der Waals surface area contributed by atoms with Gasteiger partial charge in [-0.25, -0.2) is 0 Å². The topological polar surface area (TPSA) is 49.4 Å². The zero-order valence-electron chi connectivity index (χ0n) is 16.6. The third-order valence-corrected chi connectivity index (χ3v) is 5.00. The van der Waals surface area contributed by atoms with E-state index in [9.17, 15) is 9.59 Å². The Morgan fingerprint density at radius 1 is 0.964 bits per heavy atom. The molecule has 0 aliphatic heterocycles. The zero-order chi connectivity index (χ0) is 20.9. The molecule has 6 heteroatoms. The number of amides is 2. The number of carbonyl (C=O) groups excluding carboxylic acids is 2. The molecule has 2 rings (SSSR count). The molecule has 0 aliphatic carbocycles. The van der Waals surface area contributed by atoms with Gasteiger partial charge in [-0.2, -0.15) is 0 Å². The number of nitrogens with zero attached hydrogens (tertiary/aromatic N) is 1. The van der Waals surface area contributed by atoms with Crippen LogP contribution in [0, 0.1) is 0 Å². The van der Waals surface area contributed by atoms with Gasteiger partial charge in [-0.3, -0.25) is 9.59 Å². The lowest BCUT2D eigenvalue weighted by atomic mass is 10.1. The van der Waals surface area contributed by atoms with Crippen LogP contribution in [-0.2, 0) is 22.6 Å². The quantitative estimate of drug-likeness (QED) is 0.724. The standard InChI is InChI=1S/C22H26Cl2N2O2/c1-15(21(28)25-22(2,3)4)26(14-17-10-6-8-12-19(17)24)20(27)13-16-9-5-7-11-18(16)23/h5-12,15H,13-14H2,1-4H3,(H,25,28)/t15-/m1/s1. The molecule has 1 N–H and O–H groups in total. The molecule has 0 aromatic heterocycles. The van der Waals surface area contributed by atoms with E-state index >= 15 is 0 Å². The molecule has 4 nitrogen and oxygen atoms in total. The average Bonchev–Trinajstić information content (AvgIpc) is 2.61. The summed E-state index contributed by atoms with van der Waals surface area (Å²) in [5, 5.41) is 4.02. The van der Waals surface area contributed by atoms with Crippen molar-refractivity contribution in [3.05, 3.63) is 69.7 Å². The number of benzene rings is 2. The highest BCUT2D eigenvalue weighted by atomic mass is 35.5. The summed E-state index contributed by atoms with van der Waals surface area (Å²) in [6.07, 6.45) is 0.108. The fourth-order valence-electron chi connectivity index (χ4n) is 2.77. The van der Waals surface area contributed by atoms with Crippen LogP contribution >= 0.6 is 23.2 Å². The van der Waals surface area contributed by atoms with Crippen LogP contribution in [-0.4, -0.2) is 28.3 Å².